The number of amides is 1. The van der Waals surface area contributed by atoms with Gasteiger partial charge in [-0.25, -0.2) is 0 Å². The van der Waals surface area contributed by atoms with Crippen molar-refractivity contribution in [2.24, 2.45) is 0 Å². The van der Waals surface area contributed by atoms with Crippen LogP contribution < -0.4 is 5.32 Å². The Morgan fingerprint density at radius 3 is 3.00 bits per heavy atom. The highest BCUT2D eigenvalue weighted by molar-refractivity contribution is 5.87. The third kappa shape index (κ3) is 3.16. The molecule has 1 aliphatic heterocycles. The molecule has 0 aromatic heterocycles. The Morgan fingerprint density at radius 1 is 1.69 bits per heavy atom. The van der Waals surface area contributed by atoms with E-state index in [4.69, 9.17) is 4.74 Å². The van der Waals surface area contributed by atoms with Gasteiger partial charge in [0.25, 0.3) is 0 Å². The number of allylic oxidation sites excluding steroid dienone is 1. The fraction of sp³-hybridized carbons (Fsp3) is 0.667. The molecule has 0 spiro atoms. The Morgan fingerprint density at radius 2 is 2.46 bits per heavy atom. The van der Waals surface area contributed by atoms with Gasteiger partial charge in [0.05, 0.1) is 25.4 Å². The largest absolute Gasteiger partial charge is 0.388 e. The van der Waals surface area contributed by atoms with E-state index >= 15 is 0 Å². The molecule has 1 fully saturated rings. The molecule has 1 saturated heterocycles. The SMILES string of the molecule is CC/C=C/C(=O)NC1COCC1O. The van der Waals surface area contributed by atoms with E-state index in [1.807, 2.05) is 6.92 Å². The Bertz CT molecular complexity index is 203. The zero-order valence-corrected chi connectivity index (χ0v) is 7.69. The van der Waals surface area contributed by atoms with Gasteiger partial charge in [-0.05, 0) is 12.5 Å². The quantitative estimate of drug-likeness (QED) is 0.600. The van der Waals surface area contributed by atoms with E-state index in [0.717, 1.165) is 6.42 Å². The summed E-state index contributed by atoms with van der Waals surface area (Å²) in [5.74, 6) is -0.170. The van der Waals surface area contributed by atoms with E-state index in [0.29, 0.717) is 13.2 Å². The van der Waals surface area contributed by atoms with Crippen LogP contribution in [0.2, 0.25) is 0 Å². The maximum absolute atomic E-state index is 11.1. The first kappa shape index (κ1) is 10.2. The van der Waals surface area contributed by atoms with Crippen LogP contribution in [0.25, 0.3) is 0 Å². The molecule has 13 heavy (non-hydrogen) atoms. The van der Waals surface area contributed by atoms with Gasteiger partial charge in [-0.1, -0.05) is 13.0 Å². The second kappa shape index (κ2) is 4.99. The normalized spacial score (nSPS) is 28.2. The minimum atomic E-state index is -0.570. The van der Waals surface area contributed by atoms with Crippen molar-refractivity contribution < 1.29 is 14.6 Å². The Balaban J connectivity index is 2.31. The van der Waals surface area contributed by atoms with Crippen molar-refractivity contribution in [3.8, 4) is 0 Å². The molecule has 1 heterocycles. The van der Waals surface area contributed by atoms with Crippen LogP contribution in [0.3, 0.4) is 0 Å². The van der Waals surface area contributed by atoms with Crippen LogP contribution in [0.15, 0.2) is 12.2 Å². The van der Waals surface area contributed by atoms with Crippen LogP contribution in [0.5, 0.6) is 0 Å². The van der Waals surface area contributed by atoms with Crippen molar-refractivity contribution in [2.75, 3.05) is 13.2 Å². The molecular weight excluding hydrogens is 170 g/mol. The molecule has 0 aromatic carbocycles. The lowest BCUT2D eigenvalue weighted by atomic mass is 10.2. The first-order valence-corrected chi connectivity index (χ1v) is 4.47. The number of hydrogen-bond donors (Lipinski definition) is 2. The molecular formula is C9H15NO3. The summed E-state index contributed by atoms with van der Waals surface area (Å²) in [5.41, 5.74) is 0. The van der Waals surface area contributed by atoms with Crippen molar-refractivity contribution >= 4 is 5.91 Å². The highest BCUT2D eigenvalue weighted by atomic mass is 16.5. The molecule has 0 saturated carbocycles. The van der Waals surface area contributed by atoms with Crippen molar-refractivity contribution in [2.45, 2.75) is 25.5 Å². The van der Waals surface area contributed by atoms with Gasteiger partial charge in [-0.15, -0.1) is 0 Å². The molecule has 2 atom stereocenters. The number of nitrogens with one attached hydrogen (secondary N) is 1. The number of ether oxygens (including phenoxy) is 1. The zero-order chi connectivity index (χ0) is 9.68. The number of aliphatic hydroxyl groups excluding tert-OH is 1. The van der Waals surface area contributed by atoms with Crippen molar-refractivity contribution in [1.29, 1.82) is 0 Å². The van der Waals surface area contributed by atoms with Crippen LogP contribution in [0.4, 0.5) is 0 Å². The summed E-state index contributed by atoms with van der Waals surface area (Å²) in [7, 11) is 0. The van der Waals surface area contributed by atoms with E-state index in [1.165, 1.54) is 6.08 Å². The van der Waals surface area contributed by atoms with Gasteiger partial charge in [0.1, 0.15) is 0 Å². The Kier molecular flexibility index (Phi) is 3.92. The molecule has 2 unspecified atom stereocenters. The van der Waals surface area contributed by atoms with E-state index in [1.54, 1.807) is 6.08 Å². The van der Waals surface area contributed by atoms with Gasteiger partial charge in [0.15, 0.2) is 0 Å². The predicted octanol–water partition coefficient (Wildman–Crippen LogP) is -0.172. The van der Waals surface area contributed by atoms with Crippen molar-refractivity contribution in [1.82, 2.24) is 5.32 Å². The number of carbonyl (C=O) groups excluding carboxylic acids is 1. The molecule has 1 aliphatic rings. The standard InChI is InChI=1S/C9H15NO3/c1-2-3-4-9(12)10-7-5-13-6-8(7)11/h3-4,7-8,11H,2,5-6H2,1H3,(H,10,12)/b4-3+. The number of hydrogen-bond acceptors (Lipinski definition) is 3. The smallest absolute Gasteiger partial charge is 0.244 e. The summed E-state index contributed by atoms with van der Waals surface area (Å²) in [6, 6.07) is -0.256. The fourth-order valence-corrected chi connectivity index (χ4v) is 1.14. The molecule has 1 amide bonds. The zero-order valence-electron chi connectivity index (χ0n) is 7.69. The van der Waals surface area contributed by atoms with E-state index in [-0.39, 0.29) is 11.9 Å². The molecule has 0 aliphatic carbocycles. The van der Waals surface area contributed by atoms with Crippen molar-refractivity contribution in [3.63, 3.8) is 0 Å². The molecule has 74 valence electrons. The average Bonchev–Trinajstić information content (AvgIpc) is 2.48. The third-order valence-corrected chi connectivity index (χ3v) is 1.88. The highest BCUT2D eigenvalue weighted by Gasteiger charge is 2.26. The summed E-state index contributed by atoms with van der Waals surface area (Å²) in [5, 5.41) is 12.0. The summed E-state index contributed by atoms with van der Waals surface area (Å²) < 4.78 is 4.99. The van der Waals surface area contributed by atoms with Crippen LogP contribution in [-0.4, -0.2) is 36.4 Å². The number of rotatable bonds is 3. The monoisotopic (exact) mass is 185 g/mol. The molecule has 0 radical (unpaired) electrons. The highest BCUT2D eigenvalue weighted by Crippen LogP contribution is 2.04. The van der Waals surface area contributed by atoms with Crippen molar-refractivity contribution in [3.05, 3.63) is 12.2 Å². The molecule has 1 rings (SSSR count). The van der Waals surface area contributed by atoms with Gasteiger partial charge in [-0.2, -0.15) is 0 Å². The second-order valence-corrected chi connectivity index (χ2v) is 3.03. The topological polar surface area (TPSA) is 58.6 Å². The molecule has 4 nitrogen and oxygen atoms in total. The van der Waals surface area contributed by atoms with Crippen LogP contribution in [0.1, 0.15) is 13.3 Å². The maximum atomic E-state index is 11.1. The summed E-state index contributed by atoms with van der Waals surface area (Å²) in [4.78, 5) is 11.1. The maximum Gasteiger partial charge on any atom is 0.244 e. The van der Waals surface area contributed by atoms with Crippen LogP contribution >= 0.6 is 0 Å². The fourth-order valence-electron chi connectivity index (χ4n) is 1.14. The van der Waals surface area contributed by atoms with Gasteiger partial charge in [-0.3, -0.25) is 4.79 Å². The lowest BCUT2D eigenvalue weighted by Gasteiger charge is -2.12. The Labute approximate surface area is 77.6 Å². The van der Waals surface area contributed by atoms with Gasteiger partial charge in [0, 0.05) is 0 Å². The number of aliphatic hydroxyl groups is 1. The van der Waals surface area contributed by atoms with Crippen LogP contribution in [0, 0.1) is 0 Å². The second-order valence-electron chi connectivity index (χ2n) is 3.03. The van der Waals surface area contributed by atoms with Crippen LogP contribution in [-0.2, 0) is 9.53 Å². The third-order valence-electron chi connectivity index (χ3n) is 1.88. The Hall–Kier alpha value is -0.870. The van der Waals surface area contributed by atoms with Gasteiger partial charge in [0.2, 0.25) is 5.91 Å². The number of carbonyl (C=O) groups is 1. The lowest BCUT2D eigenvalue weighted by Crippen LogP contribution is -2.41. The minimum Gasteiger partial charge on any atom is -0.388 e. The lowest BCUT2D eigenvalue weighted by molar-refractivity contribution is -0.117. The molecule has 0 bridgehead atoms. The molecule has 2 N–H and O–H groups in total. The molecule has 0 aromatic rings. The van der Waals surface area contributed by atoms with E-state index < -0.39 is 6.10 Å². The predicted molar refractivity (Wildman–Crippen MR) is 48.2 cm³/mol. The minimum absolute atomic E-state index is 0.170. The first-order valence-electron chi connectivity index (χ1n) is 4.47. The summed E-state index contributed by atoms with van der Waals surface area (Å²) >= 11 is 0. The van der Waals surface area contributed by atoms with E-state index in [2.05, 4.69) is 5.32 Å². The summed E-state index contributed by atoms with van der Waals surface area (Å²) in [6.07, 6.45) is 3.51. The molecule has 4 heteroatoms. The average molecular weight is 185 g/mol. The first-order chi connectivity index (χ1) is 6.24. The van der Waals surface area contributed by atoms with Gasteiger partial charge < -0.3 is 15.2 Å². The summed E-state index contributed by atoms with van der Waals surface area (Å²) in [6.45, 7) is 2.66. The van der Waals surface area contributed by atoms with E-state index in [9.17, 15) is 9.90 Å². The van der Waals surface area contributed by atoms with Gasteiger partial charge >= 0.3 is 0 Å².